The molecule has 0 spiro atoms. The molecule has 3 N–H and O–H groups in total. The topological polar surface area (TPSA) is 47.3 Å². The van der Waals surface area contributed by atoms with Gasteiger partial charge in [-0.2, -0.15) is 0 Å². The molecule has 0 heterocycles. The van der Waals surface area contributed by atoms with Crippen molar-refractivity contribution in [3.05, 3.63) is 64.5 Å². The lowest BCUT2D eigenvalue weighted by Gasteiger charge is -2.19. The first-order valence-electron chi connectivity index (χ1n) is 6.43. The van der Waals surface area contributed by atoms with Gasteiger partial charge in [-0.1, -0.05) is 24.3 Å². The summed E-state index contributed by atoms with van der Waals surface area (Å²) in [5.41, 5.74) is 7.08. The number of ether oxygens (including phenoxy) is 1. The fraction of sp³-hybridized carbons (Fsp3) is 0.250. The molecule has 0 radical (unpaired) electrons. The van der Waals surface area contributed by atoms with Gasteiger partial charge in [-0.05, 0) is 48.2 Å². The maximum atomic E-state index is 13.5. The number of methoxy groups -OCH3 is 1. The zero-order valence-corrected chi connectivity index (χ0v) is 11.9. The van der Waals surface area contributed by atoms with Gasteiger partial charge in [0, 0.05) is 0 Å². The molecule has 0 fully saturated rings. The molecule has 4 heteroatoms. The minimum absolute atomic E-state index is 0.205. The molecule has 1 unspecified atom stereocenters. The fourth-order valence-electron chi connectivity index (χ4n) is 2.19. The molecule has 20 heavy (non-hydrogen) atoms. The first kappa shape index (κ1) is 14.5. The van der Waals surface area contributed by atoms with Crippen LogP contribution in [0, 0.1) is 19.7 Å². The summed E-state index contributed by atoms with van der Waals surface area (Å²) in [7, 11) is 1.45. The molecule has 2 rings (SSSR count). The van der Waals surface area contributed by atoms with Crippen LogP contribution in [0.3, 0.4) is 0 Å². The van der Waals surface area contributed by atoms with E-state index in [4.69, 9.17) is 10.6 Å². The number of hydrogen-bond acceptors (Lipinski definition) is 3. The predicted molar refractivity (Wildman–Crippen MR) is 78.0 cm³/mol. The van der Waals surface area contributed by atoms with Crippen LogP contribution in [-0.2, 0) is 0 Å². The van der Waals surface area contributed by atoms with Gasteiger partial charge in [-0.25, -0.2) is 9.82 Å². The van der Waals surface area contributed by atoms with E-state index in [0.29, 0.717) is 0 Å². The standard InChI is InChI=1S/C16H19FN2O/c1-10-4-5-12(8-11(10)2)16(19-18)13-6-7-14(17)15(9-13)20-3/h4-9,16,19H,18H2,1-3H3. The first-order valence-corrected chi connectivity index (χ1v) is 6.43. The Morgan fingerprint density at radius 2 is 1.70 bits per heavy atom. The maximum Gasteiger partial charge on any atom is 0.165 e. The largest absolute Gasteiger partial charge is 0.494 e. The van der Waals surface area contributed by atoms with Gasteiger partial charge in [0.05, 0.1) is 13.2 Å². The number of halogens is 1. The third kappa shape index (κ3) is 2.81. The van der Waals surface area contributed by atoms with E-state index in [0.717, 1.165) is 11.1 Å². The average Bonchev–Trinajstić information content (AvgIpc) is 2.45. The van der Waals surface area contributed by atoms with Crippen LogP contribution in [0.25, 0.3) is 0 Å². The molecule has 2 aromatic rings. The number of benzene rings is 2. The number of nitrogens with two attached hydrogens (primary N) is 1. The van der Waals surface area contributed by atoms with Crippen LogP contribution >= 0.6 is 0 Å². The van der Waals surface area contributed by atoms with E-state index in [-0.39, 0.29) is 17.6 Å². The monoisotopic (exact) mass is 274 g/mol. The van der Waals surface area contributed by atoms with E-state index in [1.807, 2.05) is 6.07 Å². The van der Waals surface area contributed by atoms with Crippen LogP contribution in [0.1, 0.15) is 28.3 Å². The number of hydrazine groups is 1. The van der Waals surface area contributed by atoms with Crippen molar-refractivity contribution in [1.82, 2.24) is 5.43 Å². The second-order valence-electron chi connectivity index (χ2n) is 4.84. The lowest BCUT2D eigenvalue weighted by molar-refractivity contribution is 0.385. The van der Waals surface area contributed by atoms with Crippen LogP contribution in [-0.4, -0.2) is 7.11 Å². The van der Waals surface area contributed by atoms with Gasteiger partial charge in [0.1, 0.15) is 0 Å². The van der Waals surface area contributed by atoms with E-state index in [1.165, 1.54) is 24.3 Å². The molecular formula is C16H19FN2O. The van der Waals surface area contributed by atoms with E-state index in [9.17, 15) is 4.39 Å². The normalized spacial score (nSPS) is 12.2. The Bertz CT molecular complexity index is 613. The summed E-state index contributed by atoms with van der Waals surface area (Å²) >= 11 is 0. The van der Waals surface area contributed by atoms with Crippen LogP contribution in [0.5, 0.6) is 5.75 Å². The van der Waals surface area contributed by atoms with Gasteiger partial charge in [0.25, 0.3) is 0 Å². The van der Waals surface area contributed by atoms with Gasteiger partial charge >= 0.3 is 0 Å². The molecule has 0 amide bonds. The Morgan fingerprint density at radius 1 is 1.05 bits per heavy atom. The van der Waals surface area contributed by atoms with E-state index in [2.05, 4.69) is 31.4 Å². The first-order chi connectivity index (χ1) is 9.56. The van der Waals surface area contributed by atoms with Gasteiger partial charge in [-0.15, -0.1) is 0 Å². The van der Waals surface area contributed by atoms with Gasteiger partial charge < -0.3 is 4.74 Å². The van der Waals surface area contributed by atoms with Crippen molar-refractivity contribution in [1.29, 1.82) is 0 Å². The third-order valence-electron chi connectivity index (χ3n) is 3.54. The highest BCUT2D eigenvalue weighted by Gasteiger charge is 2.15. The molecule has 0 aliphatic carbocycles. The molecule has 0 aliphatic heterocycles. The summed E-state index contributed by atoms with van der Waals surface area (Å²) < 4.78 is 18.5. The van der Waals surface area contributed by atoms with E-state index in [1.54, 1.807) is 12.1 Å². The Balaban J connectivity index is 2.43. The minimum atomic E-state index is -0.382. The summed E-state index contributed by atoms with van der Waals surface area (Å²) in [5, 5.41) is 0. The molecule has 0 aliphatic rings. The molecule has 0 aromatic heterocycles. The molecule has 106 valence electrons. The summed E-state index contributed by atoms with van der Waals surface area (Å²) in [6.45, 7) is 4.11. The second-order valence-corrected chi connectivity index (χ2v) is 4.84. The predicted octanol–water partition coefficient (Wildman–Crippen LogP) is 3.00. The molecule has 3 nitrogen and oxygen atoms in total. The second kappa shape index (κ2) is 6.03. The van der Waals surface area contributed by atoms with Crippen molar-refractivity contribution in [2.45, 2.75) is 19.9 Å². The van der Waals surface area contributed by atoms with Crippen LogP contribution in [0.4, 0.5) is 4.39 Å². The van der Waals surface area contributed by atoms with Gasteiger partial charge in [0.2, 0.25) is 0 Å². The average molecular weight is 274 g/mol. The lowest BCUT2D eigenvalue weighted by atomic mass is 9.96. The number of nitrogens with one attached hydrogen (secondary N) is 1. The van der Waals surface area contributed by atoms with Crippen molar-refractivity contribution in [3.8, 4) is 5.75 Å². The maximum absolute atomic E-state index is 13.5. The van der Waals surface area contributed by atoms with E-state index < -0.39 is 0 Å². The van der Waals surface area contributed by atoms with Crippen molar-refractivity contribution in [2.75, 3.05) is 7.11 Å². The SMILES string of the molecule is COc1cc(C(NN)c2ccc(C)c(C)c2)ccc1F. The molecular weight excluding hydrogens is 255 g/mol. The summed E-state index contributed by atoms with van der Waals surface area (Å²) in [6, 6.07) is 10.7. The van der Waals surface area contributed by atoms with Gasteiger partial charge in [0.15, 0.2) is 11.6 Å². The quantitative estimate of drug-likeness (QED) is 0.665. The molecule has 0 saturated heterocycles. The van der Waals surface area contributed by atoms with Crippen molar-refractivity contribution in [2.24, 2.45) is 5.84 Å². The van der Waals surface area contributed by atoms with Crippen molar-refractivity contribution in [3.63, 3.8) is 0 Å². The van der Waals surface area contributed by atoms with Crippen LogP contribution in [0.15, 0.2) is 36.4 Å². The molecule has 2 aromatic carbocycles. The molecule has 0 bridgehead atoms. The van der Waals surface area contributed by atoms with Gasteiger partial charge in [-0.3, -0.25) is 5.84 Å². The number of hydrogen-bond donors (Lipinski definition) is 2. The van der Waals surface area contributed by atoms with Crippen molar-refractivity contribution >= 4 is 0 Å². The van der Waals surface area contributed by atoms with Crippen molar-refractivity contribution < 1.29 is 9.13 Å². The Labute approximate surface area is 118 Å². The zero-order chi connectivity index (χ0) is 14.7. The Hall–Kier alpha value is -1.91. The Kier molecular flexibility index (Phi) is 4.37. The summed E-state index contributed by atoms with van der Waals surface area (Å²) in [6.07, 6.45) is 0. The highest BCUT2D eigenvalue weighted by molar-refractivity contribution is 5.40. The Morgan fingerprint density at radius 3 is 2.30 bits per heavy atom. The highest BCUT2D eigenvalue weighted by Crippen LogP contribution is 2.27. The third-order valence-corrected chi connectivity index (χ3v) is 3.54. The summed E-state index contributed by atoms with van der Waals surface area (Å²) in [5.74, 6) is 5.50. The zero-order valence-electron chi connectivity index (χ0n) is 11.9. The number of aryl methyl sites for hydroxylation is 2. The number of rotatable bonds is 4. The smallest absolute Gasteiger partial charge is 0.165 e. The van der Waals surface area contributed by atoms with Crippen LogP contribution in [0.2, 0.25) is 0 Å². The minimum Gasteiger partial charge on any atom is -0.494 e. The highest BCUT2D eigenvalue weighted by atomic mass is 19.1. The lowest BCUT2D eigenvalue weighted by Crippen LogP contribution is -2.29. The van der Waals surface area contributed by atoms with E-state index >= 15 is 0 Å². The van der Waals surface area contributed by atoms with Crippen LogP contribution < -0.4 is 16.0 Å². The summed E-state index contributed by atoms with van der Waals surface area (Å²) in [4.78, 5) is 0. The molecule has 1 atom stereocenters. The molecule has 0 saturated carbocycles. The fourth-order valence-corrected chi connectivity index (χ4v) is 2.19.